The second-order valence-corrected chi connectivity index (χ2v) is 5.85. The molecule has 0 N–H and O–H groups in total. The van der Waals surface area contributed by atoms with Gasteiger partial charge >= 0.3 is 0 Å². The van der Waals surface area contributed by atoms with Crippen LogP contribution >= 0.6 is 0 Å². The van der Waals surface area contributed by atoms with E-state index in [9.17, 15) is 18.4 Å². The van der Waals surface area contributed by atoms with Crippen LogP contribution in [-0.2, 0) is 20.7 Å². The molecule has 84 valence electrons. The van der Waals surface area contributed by atoms with Crippen LogP contribution in [0.25, 0.3) is 0 Å². The average Bonchev–Trinajstić information content (AvgIpc) is 2.49. The van der Waals surface area contributed by atoms with Crippen LogP contribution in [0, 0.1) is 16.7 Å². The fraction of sp³-hybridized carbons (Fsp3) is 0.800. The van der Waals surface area contributed by atoms with Crippen LogP contribution in [-0.4, -0.2) is 19.7 Å². The molecule has 2 aliphatic carbocycles. The summed E-state index contributed by atoms with van der Waals surface area (Å²) < 4.78 is 21.6. The third-order valence-corrected chi connectivity index (χ3v) is 5.05. The van der Waals surface area contributed by atoms with Crippen LogP contribution in [0.5, 0.6) is 0 Å². The van der Waals surface area contributed by atoms with Gasteiger partial charge < -0.3 is 4.55 Å². The molecule has 4 nitrogen and oxygen atoms in total. The molecule has 2 rings (SSSR count). The van der Waals surface area contributed by atoms with Crippen LogP contribution < -0.4 is 0 Å². The lowest BCUT2D eigenvalue weighted by molar-refractivity contribution is -0.138. The molecule has 0 radical (unpaired) electrons. The molecule has 15 heavy (non-hydrogen) atoms. The maximum atomic E-state index is 11.8. The second-order valence-electron chi connectivity index (χ2n) is 5.01. The molecule has 2 aliphatic rings. The number of fused-ring (bicyclic) bond motifs is 2. The van der Waals surface area contributed by atoms with Crippen molar-refractivity contribution in [3.63, 3.8) is 0 Å². The number of hydrogen-bond donors (Lipinski definition) is 0. The molecule has 0 amide bonds. The molecule has 0 heterocycles. The molecule has 5 heteroatoms. The van der Waals surface area contributed by atoms with Gasteiger partial charge in [0, 0.05) is 17.5 Å². The molecule has 0 aromatic heterocycles. The Hall–Kier alpha value is -0.550. The van der Waals surface area contributed by atoms with Gasteiger partial charge in [-0.1, -0.05) is 13.8 Å². The third kappa shape index (κ3) is 1.08. The van der Waals surface area contributed by atoms with E-state index in [2.05, 4.69) is 0 Å². The summed E-state index contributed by atoms with van der Waals surface area (Å²) in [6.45, 7) is 3.67. The zero-order valence-corrected chi connectivity index (χ0v) is 9.56. The third-order valence-electron chi connectivity index (χ3n) is 4.40. The van der Waals surface area contributed by atoms with Gasteiger partial charge in [0.2, 0.25) is 5.12 Å². The molecule has 2 saturated carbocycles. The molecule has 3 unspecified atom stereocenters. The smallest absolute Gasteiger partial charge is 0.219 e. The Labute approximate surface area is 90.7 Å². The first kappa shape index (κ1) is 11.0. The Bertz CT molecular complexity index is 374. The largest absolute Gasteiger partial charge is 0.766 e. The Morgan fingerprint density at radius 2 is 2.13 bits per heavy atom. The molecular formula is C10H13O4S-. The maximum Gasteiger partial charge on any atom is 0.219 e. The zero-order valence-electron chi connectivity index (χ0n) is 8.74. The van der Waals surface area contributed by atoms with Crippen molar-refractivity contribution in [1.82, 2.24) is 0 Å². The fourth-order valence-corrected chi connectivity index (χ4v) is 4.06. The normalized spacial score (nSPS) is 39.4. The Morgan fingerprint density at radius 1 is 1.53 bits per heavy atom. The molecule has 0 spiro atoms. The number of carbonyl (C=O) groups excluding carboxylic acids is 2. The van der Waals surface area contributed by atoms with Crippen molar-refractivity contribution in [2.75, 3.05) is 0 Å². The molecule has 2 bridgehead atoms. The Kier molecular flexibility index (Phi) is 2.18. The fourth-order valence-electron chi connectivity index (χ4n) is 3.30. The van der Waals surface area contributed by atoms with Gasteiger partial charge in [-0.15, -0.1) is 0 Å². The van der Waals surface area contributed by atoms with E-state index in [0.717, 1.165) is 6.42 Å². The number of Topliss-reactive ketones (excluding diaryl/α,β-unsaturated/α-hetero) is 1. The first-order valence-electron chi connectivity index (χ1n) is 5.01. The summed E-state index contributed by atoms with van der Waals surface area (Å²) >= 11 is -2.79. The van der Waals surface area contributed by atoms with Crippen molar-refractivity contribution >= 4 is 22.0 Å². The summed E-state index contributed by atoms with van der Waals surface area (Å²) in [4.78, 5) is 23.5. The van der Waals surface area contributed by atoms with Crippen LogP contribution in [0.2, 0.25) is 0 Å². The summed E-state index contributed by atoms with van der Waals surface area (Å²) in [5.41, 5.74) is -1.74. The summed E-state index contributed by atoms with van der Waals surface area (Å²) in [6.07, 6.45) is 1.54. The summed E-state index contributed by atoms with van der Waals surface area (Å²) in [7, 11) is 0. The first-order chi connectivity index (χ1) is 6.84. The standard InChI is InChI=1S/C10H14O4S/c1-9(2)6-3-4-10(9,7(11)5-6)8(12)15(13)14/h6H,3-5H2,1-2H3,(H,13,14)/p-1. The van der Waals surface area contributed by atoms with Gasteiger partial charge in [0.05, 0.1) is 0 Å². The lowest BCUT2D eigenvalue weighted by Crippen LogP contribution is -2.45. The molecule has 0 aromatic rings. The van der Waals surface area contributed by atoms with Gasteiger partial charge in [0.25, 0.3) is 0 Å². The van der Waals surface area contributed by atoms with E-state index in [-0.39, 0.29) is 11.7 Å². The molecular weight excluding hydrogens is 216 g/mol. The highest BCUT2D eigenvalue weighted by Crippen LogP contribution is 2.64. The summed E-state index contributed by atoms with van der Waals surface area (Å²) in [6, 6.07) is 0. The number of hydrogen-bond acceptors (Lipinski definition) is 4. The van der Waals surface area contributed by atoms with Gasteiger partial charge in [0.1, 0.15) is 11.2 Å². The van der Waals surface area contributed by atoms with Crippen molar-refractivity contribution in [3.05, 3.63) is 0 Å². The van der Waals surface area contributed by atoms with E-state index in [1.165, 1.54) is 0 Å². The molecule has 2 fully saturated rings. The summed E-state index contributed by atoms with van der Waals surface area (Å²) in [5, 5.41) is -0.905. The van der Waals surface area contributed by atoms with E-state index in [0.29, 0.717) is 12.8 Å². The number of ketones is 1. The number of rotatable bonds is 1. The first-order valence-corrected chi connectivity index (χ1v) is 6.08. The molecule has 0 saturated heterocycles. The SMILES string of the molecule is CC1(C)C2CCC1(C(=O)S(=O)[O-])C(=O)C2. The number of carbonyl (C=O) groups is 2. The van der Waals surface area contributed by atoms with Crippen LogP contribution in [0.4, 0.5) is 0 Å². The molecule has 0 aromatic carbocycles. The highest BCUT2D eigenvalue weighted by Gasteiger charge is 2.68. The van der Waals surface area contributed by atoms with E-state index >= 15 is 0 Å². The van der Waals surface area contributed by atoms with E-state index in [1.54, 1.807) is 0 Å². The Morgan fingerprint density at radius 3 is 2.47 bits per heavy atom. The van der Waals surface area contributed by atoms with E-state index in [4.69, 9.17) is 0 Å². The predicted molar refractivity (Wildman–Crippen MR) is 52.5 cm³/mol. The zero-order chi connectivity index (χ0) is 11.4. The lowest BCUT2D eigenvalue weighted by Gasteiger charge is -2.35. The van der Waals surface area contributed by atoms with Gasteiger partial charge in [-0.05, 0) is 24.2 Å². The molecule has 0 aliphatic heterocycles. The minimum Gasteiger partial charge on any atom is -0.766 e. The van der Waals surface area contributed by atoms with Gasteiger partial charge in [-0.2, -0.15) is 0 Å². The summed E-state index contributed by atoms with van der Waals surface area (Å²) in [5.74, 6) is -0.0181. The van der Waals surface area contributed by atoms with Gasteiger partial charge in [-0.3, -0.25) is 13.8 Å². The van der Waals surface area contributed by atoms with Crippen molar-refractivity contribution in [2.45, 2.75) is 33.1 Å². The van der Waals surface area contributed by atoms with Crippen LogP contribution in [0.15, 0.2) is 0 Å². The second kappa shape index (κ2) is 2.98. The van der Waals surface area contributed by atoms with Crippen LogP contribution in [0.1, 0.15) is 33.1 Å². The highest BCUT2D eigenvalue weighted by molar-refractivity contribution is 7.95. The van der Waals surface area contributed by atoms with Crippen molar-refractivity contribution in [2.24, 2.45) is 16.7 Å². The van der Waals surface area contributed by atoms with E-state index < -0.39 is 27.0 Å². The van der Waals surface area contributed by atoms with Crippen molar-refractivity contribution < 1.29 is 18.4 Å². The quantitative estimate of drug-likeness (QED) is 0.492. The highest BCUT2D eigenvalue weighted by atomic mass is 32.2. The van der Waals surface area contributed by atoms with Gasteiger partial charge in [0.15, 0.2) is 0 Å². The maximum absolute atomic E-state index is 11.8. The monoisotopic (exact) mass is 229 g/mol. The van der Waals surface area contributed by atoms with E-state index in [1.807, 2.05) is 13.8 Å². The van der Waals surface area contributed by atoms with Gasteiger partial charge in [-0.25, -0.2) is 0 Å². The molecule has 3 atom stereocenters. The minimum atomic E-state index is -2.79. The van der Waals surface area contributed by atoms with Crippen LogP contribution in [0.3, 0.4) is 0 Å². The predicted octanol–water partition coefficient (Wildman–Crippen LogP) is 0.787. The lowest BCUT2D eigenvalue weighted by atomic mass is 9.70. The average molecular weight is 229 g/mol. The minimum absolute atomic E-state index is 0.164. The van der Waals surface area contributed by atoms with Crippen molar-refractivity contribution in [1.29, 1.82) is 0 Å². The topological polar surface area (TPSA) is 74.3 Å². The Balaban J connectivity index is 2.53. The van der Waals surface area contributed by atoms with Crippen molar-refractivity contribution in [3.8, 4) is 0 Å².